The molecular weight excluding hydrogens is 240 g/mol. The minimum Gasteiger partial charge on any atom is -0.506 e. The van der Waals surface area contributed by atoms with E-state index in [2.05, 4.69) is 10.6 Å². The third kappa shape index (κ3) is 3.91. The fourth-order valence-electron chi connectivity index (χ4n) is 1.50. The second-order valence-electron chi connectivity index (χ2n) is 4.29. The standard InChI is InChI=1S/C12H15ClN2O2/c13-10-5-9(3-4-11(10)16)15-12(17)7-14-6-8-1-2-8/h3-5,8,14,16H,1-2,6-7H2,(H,15,17). The van der Waals surface area contributed by atoms with E-state index >= 15 is 0 Å². The van der Waals surface area contributed by atoms with E-state index in [4.69, 9.17) is 11.6 Å². The van der Waals surface area contributed by atoms with E-state index in [1.807, 2.05) is 0 Å². The van der Waals surface area contributed by atoms with Gasteiger partial charge in [0, 0.05) is 5.69 Å². The average Bonchev–Trinajstić information content (AvgIpc) is 3.07. The molecule has 0 aliphatic heterocycles. The normalized spacial score (nSPS) is 14.6. The van der Waals surface area contributed by atoms with E-state index in [1.165, 1.54) is 25.0 Å². The van der Waals surface area contributed by atoms with Gasteiger partial charge in [0.2, 0.25) is 5.91 Å². The van der Waals surface area contributed by atoms with Crippen molar-refractivity contribution in [3.63, 3.8) is 0 Å². The molecule has 17 heavy (non-hydrogen) atoms. The number of anilines is 1. The second kappa shape index (κ2) is 5.38. The molecule has 0 heterocycles. The first-order valence-electron chi connectivity index (χ1n) is 5.64. The van der Waals surface area contributed by atoms with Gasteiger partial charge in [-0.3, -0.25) is 4.79 Å². The Kier molecular flexibility index (Phi) is 3.86. The van der Waals surface area contributed by atoms with Crippen LogP contribution < -0.4 is 10.6 Å². The van der Waals surface area contributed by atoms with Crippen molar-refractivity contribution >= 4 is 23.2 Å². The van der Waals surface area contributed by atoms with Gasteiger partial charge in [-0.25, -0.2) is 0 Å². The molecule has 0 radical (unpaired) electrons. The summed E-state index contributed by atoms with van der Waals surface area (Å²) in [5, 5.41) is 15.3. The molecule has 0 aromatic heterocycles. The van der Waals surface area contributed by atoms with Gasteiger partial charge in [-0.15, -0.1) is 0 Å². The lowest BCUT2D eigenvalue weighted by molar-refractivity contribution is -0.115. The van der Waals surface area contributed by atoms with Crippen molar-refractivity contribution in [1.29, 1.82) is 0 Å². The van der Waals surface area contributed by atoms with Crippen LogP contribution in [0.1, 0.15) is 12.8 Å². The maximum Gasteiger partial charge on any atom is 0.238 e. The van der Waals surface area contributed by atoms with Crippen LogP contribution in [0.5, 0.6) is 5.75 Å². The van der Waals surface area contributed by atoms with Crippen LogP contribution in [0.3, 0.4) is 0 Å². The van der Waals surface area contributed by atoms with E-state index in [-0.39, 0.29) is 16.7 Å². The molecule has 4 nitrogen and oxygen atoms in total. The number of carbonyl (C=O) groups excluding carboxylic acids is 1. The lowest BCUT2D eigenvalue weighted by Crippen LogP contribution is -2.29. The number of amides is 1. The molecule has 1 aliphatic rings. The van der Waals surface area contributed by atoms with Gasteiger partial charge in [0.15, 0.2) is 0 Å². The lowest BCUT2D eigenvalue weighted by Gasteiger charge is -2.07. The van der Waals surface area contributed by atoms with E-state index < -0.39 is 0 Å². The zero-order valence-electron chi connectivity index (χ0n) is 9.37. The Morgan fingerprint density at radius 1 is 1.47 bits per heavy atom. The van der Waals surface area contributed by atoms with E-state index in [0.717, 1.165) is 12.5 Å². The molecule has 2 rings (SSSR count). The molecule has 1 amide bonds. The van der Waals surface area contributed by atoms with Crippen molar-refractivity contribution in [2.24, 2.45) is 5.92 Å². The minimum atomic E-state index is -0.104. The summed E-state index contributed by atoms with van der Waals surface area (Å²) in [6.07, 6.45) is 2.53. The van der Waals surface area contributed by atoms with Crippen molar-refractivity contribution in [2.45, 2.75) is 12.8 Å². The molecule has 1 fully saturated rings. The highest BCUT2D eigenvalue weighted by molar-refractivity contribution is 6.32. The zero-order valence-corrected chi connectivity index (χ0v) is 10.1. The third-order valence-corrected chi connectivity index (χ3v) is 2.95. The summed E-state index contributed by atoms with van der Waals surface area (Å²) in [7, 11) is 0. The number of nitrogens with one attached hydrogen (secondary N) is 2. The smallest absolute Gasteiger partial charge is 0.238 e. The van der Waals surface area contributed by atoms with Gasteiger partial charge >= 0.3 is 0 Å². The topological polar surface area (TPSA) is 61.4 Å². The Morgan fingerprint density at radius 2 is 2.24 bits per heavy atom. The molecular formula is C12H15ClN2O2. The number of halogens is 1. The first kappa shape index (κ1) is 12.2. The zero-order chi connectivity index (χ0) is 12.3. The third-order valence-electron chi connectivity index (χ3n) is 2.65. The van der Waals surface area contributed by atoms with Gasteiger partial charge in [-0.2, -0.15) is 0 Å². The molecule has 92 valence electrons. The minimum absolute atomic E-state index is 0.0107. The summed E-state index contributed by atoms with van der Waals surface area (Å²) >= 11 is 5.73. The van der Waals surface area contributed by atoms with Crippen LogP contribution in [0.15, 0.2) is 18.2 Å². The molecule has 1 aromatic rings. The van der Waals surface area contributed by atoms with Crippen molar-refractivity contribution in [1.82, 2.24) is 5.32 Å². The van der Waals surface area contributed by atoms with Gasteiger partial charge in [0.1, 0.15) is 5.75 Å². The highest BCUT2D eigenvalue weighted by Crippen LogP contribution is 2.27. The number of phenolic OH excluding ortho intramolecular Hbond substituents is 1. The van der Waals surface area contributed by atoms with Crippen molar-refractivity contribution in [3.8, 4) is 5.75 Å². The molecule has 0 spiro atoms. The summed E-state index contributed by atoms with van der Waals surface area (Å²) in [6, 6.07) is 4.59. The van der Waals surface area contributed by atoms with Gasteiger partial charge in [-0.05, 0) is 43.5 Å². The Balaban J connectivity index is 1.77. The van der Waals surface area contributed by atoms with Crippen molar-refractivity contribution < 1.29 is 9.90 Å². The van der Waals surface area contributed by atoms with Crippen LogP contribution in [-0.2, 0) is 4.79 Å². The van der Waals surface area contributed by atoms with Crippen LogP contribution in [0.25, 0.3) is 0 Å². The Morgan fingerprint density at radius 3 is 2.88 bits per heavy atom. The largest absolute Gasteiger partial charge is 0.506 e. The van der Waals surface area contributed by atoms with Crippen LogP contribution in [0.2, 0.25) is 5.02 Å². The number of rotatable bonds is 5. The first-order valence-corrected chi connectivity index (χ1v) is 6.02. The highest BCUT2D eigenvalue weighted by atomic mass is 35.5. The fraction of sp³-hybridized carbons (Fsp3) is 0.417. The molecule has 1 saturated carbocycles. The van der Waals surface area contributed by atoms with E-state index in [0.29, 0.717) is 12.2 Å². The molecule has 1 aromatic carbocycles. The van der Waals surface area contributed by atoms with E-state index in [1.54, 1.807) is 6.07 Å². The maximum absolute atomic E-state index is 11.5. The van der Waals surface area contributed by atoms with E-state index in [9.17, 15) is 9.90 Å². The van der Waals surface area contributed by atoms with Gasteiger partial charge < -0.3 is 15.7 Å². The molecule has 3 N–H and O–H groups in total. The first-order chi connectivity index (χ1) is 8.15. The predicted molar refractivity (Wildman–Crippen MR) is 67.3 cm³/mol. The molecule has 5 heteroatoms. The number of phenols is 1. The fourth-order valence-corrected chi connectivity index (χ4v) is 1.68. The Labute approximate surface area is 105 Å². The summed E-state index contributed by atoms with van der Waals surface area (Å²) in [6.45, 7) is 1.21. The molecule has 0 unspecified atom stereocenters. The number of aromatic hydroxyl groups is 1. The number of hydrogen-bond acceptors (Lipinski definition) is 3. The SMILES string of the molecule is O=C(CNCC1CC1)Nc1ccc(O)c(Cl)c1. The van der Waals surface area contributed by atoms with Crippen LogP contribution in [-0.4, -0.2) is 24.1 Å². The van der Waals surface area contributed by atoms with Gasteiger partial charge in [0.05, 0.1) is 11.6 Å². The Bertz CT molecular complexity index is 419. The van der Waals surface area contributed by atoms with Crippen molar-refractivity contribution in [2.75, 3.05) is 18.4 Å². The highest BCUT2D eigenvalue weighted by Gasteiger charge is 2.20. The summed E-state index contributed by atoms with van der Waals surface area (Å²) in [4.78, 5) is 11.5. The quantitative estimate of drug-likeness (QED) is 0.704. The summed E-state index contributed by atoms with van der Waals surface area (Å²) in [5.41, 5.74) is 0.589. The second-order valence-corrected chi connectivity index (χ2v) is 4.70. The van der Waals surface area contributed by atoms with Crippen LogP contribution in [0.4, 0.5) is 5.69 Å². The molecule has 0 saturated heterocycles. The van der Waals surface area contributed by atoms with Gasteiger partial charge in [-0.1, -0.05) is 11.6 Å². The molecule has 1 aliphatic carbocycles. The summed E-state index contributed by atoms with van der Waals surface area (Å²) in [5.74, 6) is 0.662. The monoisotopic (exact) mass is 254 g/mol. The van der Waals surface area contributed by atoms with Gasteiger partial charge in [0.25, 0.3) is 0 Å². The molecule has 0 atom stereocenters. The average molecular weight is 255 g/mol. The number of benzene rings is 1. The summed E-state index contributed by atoms with van der Waals surface area (Å²) < 4.78 is 0. The maximum atomic E-state index is 11.5. The van der Waals surface area contributed by atoms with Crippen LogP contribution >= 0.6 is 11.6 Å². The van der Waals surface area contributed by atoms with Crippen LogP contribution in [0, 0.1) is 5.92 Å². The number of carbonyl (C=O) groups is 1. The molecule has 0 bridgehead atoms. The lowest BCUT2D eigenvalue weighted by atomic mass is 10.3. The van der Waals surface area contributed by atoms with Crippen molar-refractivity contribution in [3.05, 3.63) is 23.2 Å². The predicted octanol–water partition coefficient (Wildman–Crippen LogP) is 1.98. The Hall–Kier alpha value is -1.26. The number of hydrogen-bond donors (Lipinski definition) is 3.